The summed E-state index contributed by atoms with van der Waals surface area (Å²) >= 11 is 9.28. The third-order valence-electron chi connectivity index (χ3n) is 2.30. The second-order valence-corrected chi connectivity index (χ2v) is 6.56. The Kier molecular flexibility index (Phi) is 5.59. The van der Waals surface area contributed by atoms with Crippen molar-refractivity contribution < 1.29 is 14.3 Å². The molecule has 0 bridgehead atoms. The lowest BCUT2D eigenvalue weighted by atomic mass is 10.2. The number of nitrogens with one attached hydrogen (secondary N) is 1. The first-order valence-corrected chi connectivity index (χ1v) is 7.26. The summed E-state index contributed by atoms with van der Waals surface area (Å²) in [7, 11) is 0. The molecule has 0 radical (unpaired) electrons. The van der Waals surface area contributed by atoms with Gasteiger partial charge in [-0.05, 0) is 55.8 Å². The van der Waals surface area contributed by atoms with Crippen LogP contribution in [0.25, 0.3) is 0 Å². The van der Waals surface area contributed by atoms with Crippen molar-refractivity contribution in [3.05, 3.63) is 33.3 Å². The molecule has 1 aromatic rings. The van der Waals surface area contributed by atoms with Crippen molar-refractivity contribution in [1.29, 1.82) is 0 Å². The lowest BCUT2D eigenvalue weighted by molar-refractivity contribution is -0.156. The number of hydrogen-bond donors (Lipinski definition) is 1. The summed E-state index contributed by atoms with van der Waals surface area (Å²) in [6.07, 6.45) is 0. The zero-order chi connectivity index (χ0) is 15.5. The van der Waals surface area contributed by atoms with Gasteiger partial charge >= 0.3 is 5.97 Å². The fourth-order valence-electron chi connectivity index (χ4n) is 1.40. The standard InChI is InChI=1S/C14H17BrClNO3/c1-8(13(19)20-14(2,3)4)17-12(18)9-6-5-7-10(15)11(9)16/h5-8H,1-4H3,(H,17,18)/t8-/m0/s1. The molecule has 1 aromatic carbocycles. The topological polar surface area (TPSA) is 55.4 Å². The van der Waals surface area contributed by atoms with Gasteiger partial charge in [-0.15, -0.1) is 0 Å². The minimum Gasteiger partial charge on any atom is -0.458 e. The average Bonchev–Trinajstić information content (AvgIpc) is 2.30. The smallest absolute Gasteiger partial charge is 0.328 e. The minimum atomic E-state index is -0.753. The van der Waals surface area contributed by atoms with Crippen molar-refractivity contribution in [2.75, 3.05) is 0 Å². The number of amides is 1. The molecule has 1 rings (SSSR count). The van der Waals surface area contributed by atoms with E-state index in [4.69, 9.17) is 16.3 Å². The highest BCUT2D eigenvalue weighted by Gasteiger charge is 2.24. The van der Waals surface area contributed by atoms with Crippen LogP contribution in [0.2, 0.25) is 5.02 Å². The van der Waals surface area contributed by atoms with Crippen molar-refractivity contribution in [2.45, 2.75) is 39.3 Å². The van der Waals surface area contributed by atoms with E-state index in [0.717, 1.165) is 0 Å². The van der Waals surface area contributed by atoms with Crippen LogP contribution in [-0.4, -0.2) is 23.5 Å². The first-order valence-electron chi connectivity index (χ1n) is 6.09. The minimum absolute atomic E-state index is 0.302. The predicted octanol–water partition coefficient (Wildman–Crippen LogP) is 3.56. The molecule has 0 saturated heterocycles. The van der Waals surface area contributed by atoms with Gasteiger partial charge in [0, 0.05) is 4.47 Å². The molecule has 0 unspecified atom stereocenters. The first-order chi connectivity index (χ1) is 9.11. The summed E-state index contributed by atoms with van der Waals surface area (Å²) in [5.41, 5.74) is -0.291. The molecule has 6 heteroatoms. The molecular weight excluding hydrogens is 346 g/mol. The van der Waals surface area contributed by atoms with Gasteiger partial charge in [-0.25, -0.2) is 4.79 Å². The Labute approximate surface area is 132 Å². The Bertz CT molecular complexity index is 526. The van der Waals surface area contributed by atoms with Crippen LogP contribution >= 0.6 is 27.5 Å². The van der Waals surface area contributed by atoms with Crippen LogP contribution in [0.4, 0.5) is 0 Å². The quantitative estimate of drug-likeness (QED) is 0.836. The Morgan fingerprint density at radius 1 is 1.35 bits per heavy atom. The number of carbonyl (C=O) groups excluding carboxylic acids is 2. The Balaban J connectivity index is 2.76. The summed E-state index contributed by atoms with van der Waals surface area (Å²) in [4.78, 5) is 23.9. The highest BCUT2D eigenvalue weighted by atomic mass is 79.9. The van der Waals surface area contributed by atoms with E-state index in [1.54, 1.807) is 45.9 Å². The lowest BCUT2D eigenvalue weighted by Crippen LogP contribution is -2.42. The van der Waals surface area contributed by atoms with E-state index in [1.165, 1.54) is 0 Å². The van der Waals surface area contributed by atoms with E-state index in [0.29, 0.717) is 15.1 Å². The van der Waals surface area contributed by atoms with Gasteiger partial charge in [-0.3, -0.25) is 4.79 Å². The second kappa shape index (κ2) is 6.59. The molecule has 0 aromatic heterocycles. The Hall–Kier alpha value is -1.07. The molecule has 0 aliphatic heterocycles. The molecule has 1 amide bonds. The largest absolute Gasteiger partial charge is 0.458 e. The van der Waals surface area contributed by atoms with Crippen molar-refractivity contribution in [3.63, 3.8) is 0 Å². The number of rotatable bonds is 3. The average molecular weight is 363 g/mol. The van der Waals surface area contributed by atoms with Crippen molar-refractivity contribution in [3.8, 4) is 0 Å². The number of hydrogen-bond acceptors (Lipinski definition) is 3. The van der Waals surface area contributed by atoms with Gasteiger partial charge in [0.2, 0.25) is 0 Å². The van der Waals surface area contributed by atoms with Gasteiger partial charge in [0.05, 0.1) is 10.6 Å². The van der Waals surface area contributed by atoms with Gasteiger partial charge in [0.15, 0.2) is 0 Å². The van der Waals surface area contributed by atoms with Crippen LogP contribution in [0.15, 0.2) is 22.7 Å². The Morgan fingerprint density at radius 2 is 1.95 bits per heavy atom. The molecule has 20 heavy (non-hydrogen) atoms. The number of halogens is 2. The maximum atomic E-state index is 12.1. The van der Waals surface area contributed by atoms with Gasteiger partial charge in [-0.1, -0.05) is 17.7 Å². The van der Waals surface area contributed by atoms with E-state index >= 15 is 0 Å². The van der Waals surface area contributed by atoms with E-state index in [-0.39, 0.29) is 0 Å². The summed E-state index contributed by atoms with van der Waals surface area (Å²) in [5.74, 6) is -0.911. The summed E-state index contributed by atoms with van der Waals surface area (Å²) in [6, 6.07) is 4.26. The molecule has 0 heterocycles. The van der Waals surface area contributed by atoms with E-state index in [2.05, 4.69) is 21.2 Å². The fraction of sp³-hybridized carbons (Fsp3) is 0.429. The third kappa shape index (κ3) is 4.80. The normalized spacial score (nSPS) is 12.7. The SMILES string of the molecule is C[C@H](NC(=O)c1cccc(Br)c1Cl)C(=O)OC(C)(C)C. The summed E-state index contributed by atoms with van der Waals surface area (Å²) < 4.78 is 5.82. The molecule has 0 aliphatic rings. The van der Waals surface area contributed by atoms with Crippen molar-refractivity contribution in [2.24, 2.45) is 0 Å². The molecule has 0 saturated carbocycles. The van der Waals surface area contributed by atoms with E-state index in [9.17, 15) is 9.59 Å². The number of carbonyl (C=O) groups is 2. The fourth-order valence-corrected chi connectivity index (χ4v) is 1.98. The zero-order valence-electron chi connectivity index (χ0n) is 11.8. The highest BCUT2D eigenvalue weighted by Crippen LogP contribution is 2.25. The van der Waals surface area contributed by atoms with Crippen LogP contribution < -0.4 is 5.32 Å². The molecule has 0 aliphatic carbocycles. The third-order valence-corrected chi connectivity index (χ3v) is 3.60. The summed E-state index contributed by atoms with van der Waals surface area (Å²) in [5, 5.41) is 2.87. The van der Waals surface area contributed by atoms with Crippen LogP contribution in [0.1, 0.15) is 38.1 Å². The van der Waals surface area contributed by atoms with Crippen LogP contribution in [0.3, 0.4) is 0 Å². The van der Waals surface area contributed by atoms with Gasteiger partial charge in [0.1, 0.15) is 11.6 Å². The zero-order valence-corrected chi connectivity index (χ0v) is 14.1. The van der Waals surface area contributed by atoms with Crippen LogP contribution in [0.5, 0.6) is 0 Å². The number of benzene rings is 1. The van der Waals surface area contributed by atoms with Crippen LogP contribution in [-0.2, 0) is 9.53 Å². The molecule has 1 N–H and O–H groups in total. The maximum Gasteiger partial charge on any atom is 0.328 e. The molecule has 110 valence electrons. The Morgan fingerprint density at radius 3 is 2.50 bits per heavy atom. The molecular formula is C14H17BrClNO3. The monoisotopic (exact) mass is 361 g/mol. The van der Waals surface area contributed by atoms with E-state index in [1.807, 2.05) is 0 Å². The molecule has 1 atom stereocenters. The molecule has 4 nitrogen and oxygen atoms in total. The van der Waals surface area contributed by atoms with Gasteiger partial charge in [-0.2, -0.15) is 0 Å². The highest BCUT2D eigenvalue weighted by molar-refractivity contribution is 9.10. The maximum absolute atomic E-state index is 12.1. The van der Waals surface area contributed by atoms with Crippen LogP contribution in [0, 0.1) is 0 Å². The second-order valence-electron chi connectivity index (χ2n) is 5.33. The molecule has 0 fully saturated rings. The molecule has 0 spiro atoms. The van der Waals surface area contributed by atoms with Crippen molar-refractivity contribution in [1.82, 2.24) is 5.32 Å². The van der Waals surface area contributed by atoms with Gasteiger partial charge in [0.25, 0.3) is 5.91 Å². The number of esters is 1. The first kappa shape index (κ1) is 17.0. The van der Waals surface area contributed by atoms with E-state index < -0.39 is 23.5 Å². The van der Waals surface area contributed by atoms with Gasteiger partial charge < -0.3 is 10.1 Å². The number of ether oxygens (including phenoxy) is 1. The lowest BCUT2D eigenvalue weighted by Gasteiger charge is -2.22. The summed E-state index contributed by atoms with van der Waals surface area (Å²) in [6.45, 7) is 6.87. The van der Waals surface area contributed by atoms with Crippen molar-refractivity contribution >= 4 is 39.4 Å². The predicted molar refractivity (Wildman–Crippen MR) is 81.9 cm³/mol.